The van der Waals surface area contributed by atoms with Gasteiger partial charge in [-0.05, 0) is 48.9 Å². The Morgan fingerprint density at radius 2 is 1.79 bits per heavy atom. The molecule has 4 rings (SSSR count). The predicted molar refractivity (Wildman–Crippen MR) is 105 cm³/mol. The first kappa shape index (κ1) is 22.6. The number of halogens is 3. The Hall–Kier alpha value is -2.67. The van der Waals surface area contributed by atoms with E-state index in [9.17, 15) is 9.50 Å². The lowest BCUT2D eigenvalue weighted by Gasteiger charge is -2.12. The summed E-state index contributed by atoms with van der Waals surface area (Å²) in [6.07, 6.45) is 3.46. The molecular formula is C21H19Cl2FN4O-2. The van der Waals surface area contributed by atoms with Gasteiger partial charge in [-0.3, -0.25) is 4.98 Å². The molecule has 3 aromatic heterocycles. The van der Waals surface area contributed by atoms with Crippen molar-refractivity contribution >= 4 is 16.9 Å². The maximum absolute atomic E-state index is 13.4. The van der Waals surface area contributed by atoms with E-state index in [0.717, 1.165) is 33.4 Å². The van der Waals surface area contributed by atoms with Gasteiger partial charge in [0, 0.05) is 29.6 Å². The molecular weight excluding hydrogens is 414 g/mol. The molecule has 0 aliphatic rings. The van der Waals surface area contributed by atoms with Crippen LogP contribution in [0.2, 0.25) is 0 Å². The standard InChI is InChI=1S/C21H19FN4O.2ClH/c1-13(12-27)25-18-11-15(8-10-23-18)20-19(14-4-6-16(22)7-5-14)21-17(26-20)3-2-9-24-21;;/h2-11,13,26-27H,12H2,1H3,(H,23,25);2*1H/p-2. The second-order valence-corrected chi connectivity index (χ2v) is 6.44. The Bertz CT molecular complexity index is 1090. The minimum Gasteiger partial charge on any atom is -1.00 e. The third kappa shape index (κ3) is 4.67. The Balaban J connectivity index is 0.00000150. The first-order valence-corrected chi connectivity index (χ1v) is 8.72. The van der Waals surface area contributed by atoms with Crippen LogP contribution in [0, 0.1) is 5.82 Å². The fourth-order valence-electron chi connectivity index (χ4n) is 3.10. The van der Waals surface area contributed by atoms with Crippen LogP contribution in [-0.2, 0) is 0 Å². The molecule has 0 amide bonds. The molecule has 1 aromatic carbocycles. The smallest absolute Gasteiger partial charge is 0.126 e. The summed E-state index contributed by atoms with van der Waals surface area (Å²) in [5, 5.41) is 12.4. The fourth-order valence-corrected chi connectivity index (χ4v) is 3.10. The van der Waals surface area contributed by atoms with Gasteiger partial charge in [0.25, 0.3) is 0 Å². The predicted octanol–water partition coefficient (Wildman–Crippen LogP) is -1.77. The number of rotatable bonds is 5. The van der Waals surface area contributed by atoms with Gasteiger partial charge < -0.3 is 40.2 Å². The number of hydrogen-bond donors (Lipinski definition) is 3. The van der Waals surface area contributed by atoms with E-state index in [-0.39, 0.29) is 43.3 Å². The highest BCUT2D eigenvalue weighted by atomic mass is 35.5. The van der Waals surface area contributed by atoms with Crippen LogP contribution in [0.5, 0.6) is 0 Å². The number of aromatic amines is 1. The highest BCUT2D eigenvalue weighted by molar-refractivity contribution is 6.01. The van der Waals surface area contributed by atoms with Crippen LogP contribution in [-0.4, -0.2) is 32.7 Å². The van der Waals surface area contributed by atoms with Crippen molar-refractivity contribution in [2.24, 2.45) is 0 Å². The number of aliphatic hydroxyl groups excluding tert-OH is 1. The molecule has 29 heavy (non-hydrogen) atoms. The van der Waals surface area contributed by atoms with Crippen molar-refractivity contribution < 1.29 is 34.3 Å². The summed E-state index contributed by atoms with van der Waals surface area (Å²) < 4.78 is 13.4. The van der Waals surface area contributed by atoms with Gasteiger partial charge in [-0.2, -0.15) is 0 Å². The van der Waals surface area contributed by atoms with Crippen molar-refractivity contribution in [3.05, 3.63) is 66.7 Å². The third-order valence-electron chi connectivity index (χ3n) is 4.40. The average molecular weight is 433 g/mol. The van der Waals surface area contributed by atoms with Crippen LogP contribution in [0.1, 0.15) is 6.92 Å². The Labute approximate surface area is 180 Å². The summed E-state index contributed by atoms with van der Waals surface area (Å²) in [5.74, 6) is 0.396. The molecule has 0 aliphatic heterocycles. The molecule has 0 saturated heterocycles. The minimum absolute atomic E-state index is 0. The SMILES string of the molecule is CC(CO)Nc1cc(-c2[nH]c3cccnc3c2-c2ccc(F)cc2)ccn1.[Cl-].[Cl-]. The van der Waals surface area contributed by atoms with Crippen LogP contribution >= 0.6 is 0 Å². The largest absolute Gasteiger partial charge is 1.00 e. The van der Waals surface area contributed by atoms with Crippen LogP contribution in [0.15, 0.2) is 60.9 Å². The Morgan fingerprint density at radius 3 is 2.52 bits per heavy atom. The molecule has 0 bridgehead atoms. The number of anilines is 1. The monoisotopic (exact) mass is 432 g/mol. The lowest BCUT2D eigenvalue weighted by Crippen LogP contribution is -3.00. The van der Waals surface area contributed by atoms with Crippen molar-refractivity contribution in [1.82, 2.24) is 15.0 Å². The van der Waals surface area contributed by atoms with Crippen molar-refractivity contribution in [2.75, 3.05) is 11.9 Å². The number of H-pyrrole nitrogens is 1. The molecule has 3 heterocycles. The van der Waals surface area contributed by atoms with Gasteiger partial charge in [-0.25, -0.2) is 9.37 Å². The number of fused-ring (bicyclic) bond motifs is 1. The number of hydrogen-bond acceptors (Lipinski definition) is 4. The zero-order chi connectivity index (χ0) is 18.8. The number of pyridine rings is 2. The van der Waals surface area contributed by atoms with E-state index < -0.39 is 0 Å². The molecule has 0 fully saturated rings. The number of nitrogens with one attached hydrogen (secondary N) is 2. The van der Waals surface area contributed by atoms with E-state index in [4.69, 9.17) is 0 Å². The normalized spacial score (nSPS) is 11.4. The number of benzene rings is 1. The van der Waals surface area contributed by atoms with Crippen LogP contribution in [0.25, 0.3) is 33.4 Å². The second kappa shape index (κ2) is 9.69. The zero-order valence-electron chi connectivity index (χ0n) is 15.5. The fraction of sp³-hybridized carbons (Fsp3) is 0.143. The van der Waals surface area contributed by atoms with Gasteiger partial charge >= 0.3 is 0 Å². The van der Waals surface area contributed by atoms with Crippen molar-refractivity contribution in [3.8, 4) is 22.4 Å². The van der Waals surface area contributed by atoms with E-state index in [2.05, 4.69) is 20.3 Å². The maximum atomic E-state index is 13.4. The lowest BCUT2D eigenvalue weighted by molar-refractivity contribution is -0.001000. The van der Waals surface area contributed by atoms with Crippen LogP contribution in [0.4, 0.5) is 10.2 Å². The second-order valence-electron chi connectivity index (χ2n) is 6.44. The van der Waals surface area contributed by atoms with Gasteiger partial charge in [-0.1, -0.05) is 12.1 Å². The molecule has 1 unspecified atom stereocenters. The molecule has 0 saturated carbocycles. The summed E-state index contributed by atoms with van der Waals surface area (Å²) in [5.41, 5.74) is 5.34. The molecule has 152 valence electrons. The average Bonchev–Trinajstić information content (AvgIpc) is 3.08. The number of nitrogens with zero attached hydrogens (tertiary/aromatic N) is 2. The molecule has 8 heteroatoms. The zero-order valence-corrected chi connectivity index (χ0v) is 17.0. The number of aliphatic hydroxyl groups is 1. The van der Waals surface area contributed by atoms with E-state index in [1.54, 1.807) is 24.5 Å². The molecule has 4 aromatic rings. The molecule has 0 aliphatic carbocycles. The summed E-state index contributed by atoms with van der Waals surface area (Å²) in [6, 6.07) is 14.0. The highest BCUT2D eigenvalue weighted by Crippen LogP contribution is 2.37. The highest BCUT2D eigenvalue weighted by Gasteiger charge is 2.17. The quantitative estimate of drug-likeness (QED) is 0.349. The Kier molecular flexibility index (Phi) is 7.56. The topological polar surface area (TPSA) is 73.8 Å². The molecule has 3 N–H and O–H groups in total. The van der Waals surface area contributed by atoms with Crippen molar-refractivity contribution in [1.29, 1.82) is 0 Å². The van der Waals surface area contributed by atoms with Gasteiger partial charge in [0.05, 0.1) is 23.3 Å². The van der Waals surface area contributed by atoms with E-state index >= 15 is 0 Å². The minimum atomic E-state index is -0.276. The molecule has 1 atom stereocenters. The van der Waals surface area contributed by atoms with Gasteiger partial charge in [-0.15, -0.1) is 0 Å². The van der Waals surface area contributed by atoms with Crippen LogP contribution < -0.4 is 30.1 Å². The van der Waals surface area contributed by atoms with Gasteiger partial charge in [0.2, 0.25) is 0 Å². The Morgan fingerprint density at radius 1 is 1.03 bits per heavy atom. The maximum Gasteiger partial charge on any atom is 0.126 e. The van der Waals surface area contributed by atoms with Crippen molar-refractivity contribution in [3.63, 3.8) is 0 Å². The first-order valence-electron chi connectivity index (χ1n) is 8.72. The third-order valence-corrected chi connectivity index (χ3v) is 4.40. The van der Waals surface area contributed by atoms with Crippen molar-refractivity contribution in [2.45, 2.75) is 13.0 Å². The van der Waals surface area contributed by atoms with Gasteiger partial charge in [0.15, 0.2) is 0 Å². The molecule has 0 radical (unpaired) electrons. The summed E-state index contributed by atoms with van der Waals surface area (Å²) in [4.78, 5) is 12.3. The molecule has 0 spiro atoms. The number of aromatic nitrogens is 3. The van der Waals surface area contributed by atoms with Crippen LogP contribution in [0.3, 0.4) is 0 Å². The lowest BCUT2D eigenvalue weighted by atomic mass is 10.0. The van der Waals surface area contributed by atoms with Gasteiger partial charge in [0.1, 0.15) is 11.6 Å². The molecule has 5 nitrogen and oxygen atoms in total. The first-order chi connectivity index (χ1) is 13.2. The van der Waals surface area contributed by atoms with E-state index in [0.29, 0.717) is 5.82 Å². The summed E-state index contributed by atoms with van der Waals surface area (Å²) >= 11 is 0. The van der Waals surface area contributed by atoms with E-state index in [1.807, 2.05) is 31.2 Å². The summed E-state index contributed by atoms with van der Waals surface area (Å²) in [7, 11) is 0. The van der Waals surface area contributed by atoms with E-state index in [1.165, 1.54) is 12.1 Å². The summed E-state index contributed by atoms with van der Waals surface area (Å²) in [6.45, 7) is 1.90.